The smallest absolute Gasteiger partial charge is 0.411 e. The summed E-state index contributed by atoms with van der Waals surface area (Å²) in [5.41, 5.74) is 6.95. The molecule has 2 amide bonds. The van der Waals surface area contributed by atoms with Crippen molar-refractivity contribution in [2.75, 3.05) is 30.4 Å². The summed E-state index contributed by atoms with van der Waals surface area (Å²) in [7, 11) is 1.30. The van der Waals surface area contributed by atoms with Gasteiger partial charge in [0.05, 0.1) is 7.11 Å². The molecule has 0 radical (unpaired) electrons. The number of benzene rings is 1. The van der Waals surface area contributed by atoms with E-state index in [0.29, 0.717) is 25.2 Å². The number of rotatable bonds is 3. The molecule has 0 aromatic heterocycles. The number of hydrogen-bond donors (Lipinski definition) is 2. The summed E-state index contributed by atoms with van der Waals surface area (Å²) in [6, 6.07) is 7.10. The molecule has 102 valence electrons. The van der Waals surface area contributed by atoms with E-state index in [4.69, 9.17) is 5.73 Å². The Bertz CT molecular complexity index is 490. The first-order chi connectivity index (χ1) is 9.13. The molecule has 1 aliphatic heterocycles. The molecule has 0 saturated carbocycles. The minimum Gasteiger partial charge on any atom is -0.453 e. The maximum atomic E-state index is 11.9. The second kappa shape index (κ2) is 5.71. The van der Waals surface area contributed by atoms with Crippen molar-refractivity contribution in [3.8, 4) is 0 Å². The first-order valence-electron chi connectivity index (χ1n) is 6.09. The number of amides is 2. The zero-order chi connectivity index (χ0) is 13.8. The molecule has 3 N–H and O–H groups in total. The highest BCUT2D eigenvalue weighted by Gasteiger charge is 2.29. The third-order valence-corrected chi connectivity index (χ3v) is 3.13. The Morgan fingerprint density at radius 3 is 3.00 bits per heavy atom. The molecule has 1 aromatic carbocycles. The van der Waals surface area contributed by atoms with Crippen molar-refractivity contribution in [2.24, 2.45) is 11.7 Å². The molecule has 1 fully saturated rings. The molecule has 0 aliphatic carbocycles. The monoisotopic (exact) mass is 263 g/mol. The second-order valence-electron chi connectivity index (χ2n) is 4.48. The average molecular weight is 263 g/mol. The van der Waals surface area contributed by atoms with Crippen molar-refractivity contribution in [2.45, 2.75) is 6.42 Å². The molecule has 2 rings (SSSR count). The summed E-state index contributed by atoms with van der Waals surface area (Å²) in [6.45, 7) is 1.12. The minimum absolute atomic E-state index is 0.0608. The molecule has 6 nitrogen and oxygen atoms in total. The highest BCUT2D eigenvalue weighted by molar-refractivity contribution is 5.96. The van der Waals surface area contributed by atoms with E-state index in [1.54, 1.807) is 23.1 Å². The van der Waals surface area contributed by atoms with Gasteiger partial charge in [0.2, 0.25) is 5.91 Å². The lowest BCUT2D eigenvalue weighted by molar-refractivity contribution is -0.117. The van der Waals surface area contributed by atoms with Crippen LogP contribution in [0.3, 0.4) is 0 Å². The third kappa shape index (κ3) is 3.03. The molecule has 1 unspecified atom stereocenters. The molecular formula is C13H17N3O3. The largest absolute Gasteiger partial charge is 0.453 e. The zero-order valence-electron chi connectivity index (χ0n) is 10.8. The van der Waals surface area contributed by atoms with E-state index < -0.39 is 6.09 Å². The first-order valence-corrected chi connectivity index (χ1v) is 6.09. The topological polar surface area (TPSA) is 84.7 Å². The Balaban J connectivity index is 2.15. The third-order valence-electron chi connectivity index (χ3n) is 3.13. The Hall–Kier alpha value is -2.08. The van der Waals surface area contributed by atoms with Crippen molar-refractivity contribution in [3.63, 3.8) is 0 Å². The van der Waals surface area contributed by atoms with E-state index in [-0.39, 0.29) is 11.8 Å². The summed E-state index contributed by atoms with van der Waals surface area (Å²) in [5, 5.41) is 2.57. The molecule has 0 bridgehead atoms. The first kappa shape index (κ1) is 13.4. The lowest BCUT2D eigenvalue weighted by Crippen LogP contribution is -2.25. The standard InChI is InChI=1S/C13H17N3O3/c1-19-13(18)15-10-3-2-4-11(6-10)16-8-9(7-14)5-12(16)17/h2-4,6,9H,5,7-8,14H2,1H3,(H,15,18). The van der Waals surface area contributed by atoms with Crippen LogP contribution in [0.4, 0.5) is 16.2 Å². The van der Waals surface area contributed by atoms with E-state index in [1.165, 1.54) is 7.11 Å². The number of anilines is 2. The van der Waals surface area contributed by atoms with Crippen molar-refractivity contribution in [1.29, 1.82) is 0 Å². The highest BCUT2D eigenvalue weighted by atomic mass is 16.5. The Kier molecular flexibility index (Phi) is 4.01. The number of nitrogens with two attached hydrogens (primary N) is 1. The fourth-order valence-electron chi connectivity index (χ4n) is 2.11. The van der Waals surface area contributed by atoms with E-state index in [1.807, 2.05) is 6.07 Å². The van der Waals surface area contributed by atoms with Gasteiger partial charge in [-0.25, -0.2) is 4.79 Å². The van der Waals surface area contributed by atoms with Crippen LogP contribution in [0.1, 0.15) is 6.42 Å². The van der Waals surface area contributed by atoms with Crippen molar-refractivity contribution in [3.05, 3.63) is 24.3 Å². The fourth-order valence-corrected chi connectivity index (χ4v) is 2.11. The Labute approximate surface area is 111 Å². The molecule has 0 spiro atoms. The van der Waals surface area contributed by atoms with E-state index in [0.717, 1.165) is 5.69 Å². The Morgan fingerprint density at radius 2 is 2.37 bits per heavy atom. The van der Waals surface area contributed by atoms with Gasteiger partial charge < -0.3 is 15.4 Å². The van der Waals surface area contributed by atoms with Crippen LogP contribution in [0.5, 0.6) is 0 Å². The van der Waals surface area contributed by atoms with Gasteiger partial charge in [0, 0.05) is 24.3 Å². The summed E-state index contributed by atoms with van der Waals surface area (Å²) in [4.78, 5) is 24.7. The van der Waals surface area contributed by atoms with Crippen LogP contribution in [-0.4, -0.2) is 32.2 Å². The number of carbonyl (C=O) groups excluding carboxylic acids is 2. The van der Waals surface area contributed by atoms with Crippen LogP contribution in [0, 0.1) is 5.92 Å². The molecular weight excluding hydrogens is 246 g/mol. The van der Waals surface area contributed by atoms with E-state index in [9.17, 15) is 9.59 Å². The van der Waals surface area contributed by atoms with Crippen molar-refractivity contribution >= 4 is 23.4 Å². The van der Waals surface area contributed by atoms with Crippen LogP contribution in [0.15, 0.2) is 24.3 Å². The lowest BCUT2D eigenvalue weighted by Gasteiger charge is -2.17. The van der Waals surface area contributed by atoms with Gasteiger partial charge in [-0.1, -0.05) is 6.07 Å². The van der Waals surface area contributed by atoms with Gasteiger partial charge in [-0.15, -0.1) is 0 Å². The lowest BCUT2D eigenvalue weighted by atomic mass is 10.1. The molecule has 1 atom stereocenters. The molecule has 19 heavy (non-hydrogen) atoms. The van der Waals surface area contributed by atoms with Gasteiger partial charge in [-0.3, -0.25) is 10.1 Å². The molecule has 1 aliphatic rings. The van der Waals surface area contributed by atoms with Crippen LogP contribution in [-0.2, 0) is 9.53 Å². The molecule has 6 heteroatoms. The van der Waals surface area contributed by atoms with Crippen LogP contribution < -0.4 is 16.0 Å². The normalized spacial score (nSPS) is 18.5. The minimum atomic E-state index is -0.537. The number of hydrogen-bond acceptors (Lipinski definition) is 4. The van der Waals surface area contributed by atoms with Crippen LogP contribution >= 0.6 is 0 Å². The van der Waals surface area contributed by atoms with Crippen LogP contribution in [0.2, 0.25) is 0 Å². The SMILES string of the molecule is COC(=O)Nc1cccc(N2CC(CN)CC2=O)c1. The van der Waals surface area contributed by atoms with Crippen molar-refractivity contribution < 1.29 is 14.3 Å². The predicted molar refractivity (Wildman–Crippen MR) is 72.0 cm³/mol. The molecule has 1 heterocycles. The number of ether oxygens (including phenoxy) is 1. The van der Waals surface area contributed by atoms with Gasteiger partial charge in [0.25, 0.3) is 0 Å². The number of nitrogens with zero attached hydrogens (tertiary/aromatic N) is 1. The predicted octanol–water partition coefficient (Wildman–Crippen LogP) is 1.18. The number of nitrogens with one attached hydrogen (secondary N) is 1. The molecule has 1 aromatic rings. The summed E-state index contributed by atoms with van der Waals surface area (Å²) in [5.74, 6) is 0.260. The average Bonchev–Trinajstić information content (AvgIpc) is 2.80. The number of carbonyl (C=O) groups is 2. The van der Waals surface area contributed by atoms with Gasteiger partial charge in [0.15, 0.2) is 0 Å². The quantitative estimate of drug-likeness (QED) is 0.857. The zero-order valence-corrected chi connectivity index (χ0v) is 10.8. The second-order valence-corrected chi connectivity index (χ2v) is 4.48. The maximum Gasteiger partial charge on any atom is 0.411 e. The summed E-state index contributed by atoms with van der Waals surface area (Å²) in [6.07, 6.45) is -0.0599. The Morgan fingerprint density at radius 1 is 1.58 bits per heavy atom. The number of methoxy groups -OCH3 is 1. The van der Waals surface area contributed by atoms with Crippen molar-refractivity contribution in [1.82, 2.24) is 0 Å². The highest BCUT2D eigenvalue weighted by Crippen LogP contribution is 2.26. The van der Waals surface area contributed by atoms with Crippen LogP contribution in [0.25, 0.3) is 0 Å². The van der Waals surface area contributed by atoms with Gasteiger partial charge in [-0.05, 0) is 30.7 Å². The molecule has 1 saturated heterocycles. The fraction of sp³-hybridized carbons (Fsp3) is 0.385. The van der Waals surface area contributed by atoms with Gasteiger partial charge >= 0.3 is 6.09 Å². The van der Waals surface area contributed by atoms with E-state index in [2.05, 4.69) is 10.1 Å². The van der Waals surface area contributed by atoms with Gasteiger partial charge in [-0.2, -0.15) is 0 Å². The summed E-state index contributed by atoms with van der Waals surface area (Å²) < 4.78 is 4.53. The summed E-state index contributed by atoms with van der Waals surface area (Å²) >= 11 is 0. The van der Waals surface area contributed by atoms with Gasteiger partial charge in [0.1, 0.15) is 0 Å². The van der Waals surface area contributed by atoms with E-state index >= 15 is 0 Å². The maximum absolute atomic E-state index is 11.9.